The predicted molar refractivity (Wildman–Crippen MR) is 71.5 cm³/mol. The largest absolute Gasteiger partial charge is 0.407 e. The Bertz CT molecular complexity index is 377. The molecule has 5 heteroatoms. The zero-order chi connectivity index (χ0) is 13.1. The second kappa shape index (κ2) is 5.69. The Balaban J connectivity index is 2.00. The van der Waals surface area contributed by atoms with Gasteiger partial charge >= 0.3 is 6.01 Å². The number of hydrogen-bond donors (Lipinski definition) is 1. The van der Waals surface area contributed by atoms with Crippen LogP contribution in [0.1, 0.15) is 46.4 Å². The minimum Gasteiger partial charge on any atom is -0.407 e. The molecule has 1 fully saturated rings. The SMILES string of the molecule is CC(C)NCc1nnc(N2CCCC(C)C2C)o1. The fourth-order valence-electron chi connectivity index (χ4n) is 2.33. The predicted octanol–water partition coefficient (Wildman–Crippen LogP) is 2.19. The van der Waals surface area contributed by atoms with E-state index in [4.69, 9.17) is 4.42 Å². The molecule has 0 saturated carbocycles. The average Bonchev–Trinajstić information content (AvgIpc) is 2.78. The molecule has 1 aliphatic heterocycles. The number of nitrogens with zero attached hydrogens (tertiary/aromatic N) is 3. The first-order valence-corrected chi connectivity index (χ1v) is 6.90. The van der Waals surface area contributed by atoms with E-state index in [9.17, 15) is 0 Å². The molecule has 2 heterocycles. The summed E-state index contributed by atoms with van der Waals surface area (Å²) in [7, 11) is 0. The lowest BCUT2D eigenvalue weighted by atomic mass is 9.92. The Morgan fingerprint density at radius 2 is 2.17 bits per heavy atom. The molecular weight excluding hydrogens is 228 g/mol. The summed E-state index contributed by atoms with van der Waals surface area (Å²) in [5.74, 6) is 1.35. The van der Waals surface area contributed by atoms with Crippen molar-refractivity contribution in [1.29, 1.82) is 0 Å². The summed E-state index contributed by atoms with van der Waals surface area (Å²) in [5.41, 5.74) is 0. The maximum Gasteiger partial charge on any atom is 0.318 e. The van der Waals surface area contributed by atoms with Gasteiger partial charge in [-0.15, -0.1) is 5.10 Å². The smallest absolute Gasteiger partial charge is 0.318 e. The van der Waals surface area contributed by atoms with Gasteiger partial charge < -0.3 is 14.6 Å². The van der Waals surface area contributed by atoms with Crippen LogP contribution in [0.15, 0.2) is 4.42 Å². The van der Waals surface area contributed by atoms with Crippen molar-refractivity contribution < 1.29 is 4.42 Å². The minimum absolute atomic E-state index is 0.425. The van der Waals surface area contributed by atoms with Gasteiger partial charge in [-0.05, 0) is 25.7 Å². The molecule has 0 bridgehead atoms. The summed E-state index contributed by atoms with van der Waals surface area (Å²) >= 11 is 0. The zero-order valence-electron chi connectivity index (χ0n) is 11.8. The van der Waals surface area contributed by atoms with E-state index in [0.29, 0.717) is 36.5 Å². The van der Waals surface area contributed by atoms with Crippen LogP contribution in [-0.4, -0.2) is 28.8 Å². The first-order valence-electron chi connectivity index (χ1n) is 6.90. The Hall–Kier alpha value is -1.10. The Labute approximate surface area is 109 Å². The molecule has 0 spiro atoms. The van der Waals surface area contributed by atoms with Gasteiger partial charge in [0.15, 0.2) is 0 Å². The van der Waals surface area contributed by atoms with Crippen LogP contribution < -0.4 is 10.2 Å². The number of piperidine rings is 1. The molecule has 0 radical (unpaired) electrons. The van der Waals surface area contributed by atoms with Crippen molar-refractivity contribution in [1.82, 2.24) is 15.5 Å². The second-order valence-electron chi connectivity index (χ2n) is 5.57. The fraction of sp³-hybridized carbons (Fsp3) is 0.846. The summed E-state index contributed by atoms with van der Waals surface area (Å²) in [5, 5.41) is 11.6. The highest BCUT2D eigenvalue weighted by molar-refractivity contribution is 5.27. The third kappa shape index (κ3) is 3.02. The lowest BCUT2D eigenvalue weighted by Crippen LogP contribution is -2.42. The summed E-state index contributed by atoms with van der Waals surface area (Å²) in [4.78, 5) is 2.24. The van der Waals surface area contributed by atoms with Gasteiger partial charge in [0.05, 0.1) is 6.54 Å². The molecule has 18 heavy (non-hydrogen) atoms. The van der Waals surface area contributed by atoms with E-state index in [1.54, 1.807) is 0 Å². The van der Waals surface area contributed by atoms with E-state index in [1.165, 1.54) is 12.8 Å². The maximum atomic E-state index is 5.73. The van der Waals surface area contributed by atoms with Gasteiger partial charge in [0, 0.05) is 18.6 Å². The van der Waals surface area contributed by atoms with E-state index in [2.05, 4.69) is 48.1 Å². The molecule has 1 aromatic heterocycles. The van der Waals surface area contributed by atoms with Gasteiger partial charge in [-0.3, -0.25) is 0 Å². The normalized spacial score (nSPS) is 24.8. The standard InChI is InChI=1S/C13H24N4O/c1-9(2)14-8-12-15-16-13(18-12)17-7-5-6-10(3)11(17)4/h9-11,14H,5-8H2,1-4H3. The molecular formula is C13H24N4O. The molecule has 0 aliphatic carbocycles. The van der Waals surface area contributed by atoms with E-state index < -0.39 is 0 Å². The van der Waals surface area contributed by atoms with Gasteiger partial charge in [-0.2, -0.15) is 0 Å². The zero-order valence-corrected chi connectivity index (χ0v) is 11.8. The first-order chi connectivity index (χ1) is 8.58. The third-order valence-electron chi connectivity index (χ3n) is 3.74. The molecule has 2 rings (SSSR count). The van der Waals surface area contributed by atoms with Crippen molar-refractivity contribution in [2.24, 2.45) is 5.92 Å². The number of rotatable bonds is 4. The highest BCUT2D eigenvalue weighted by Gasteiger charge is 2.28. The molecule has 1 saturated heterocycles. The van der Waals surface area contributed by atoms with Crippen LogP contribution in [0.5, 0.6) is 0 Å². The highest BCUT2D eigenvalue weighted by Crippen LogP contribution is 2.27. The van der Waals surface area contributed by atoms with Gasteiger partial charge in [-0.1, -0.05) is 25.9 Å². The Morgan fingerprint density at radius 3 is 2.89 bits per heavy atom. The van der Waals surface area contributed by atoms with Crippen LogP contribution in [0.25, 0.3) is 0 Å². The van der Waals surface area contributed by atoms with Crippen molar-refractivity contribution in [3.05, 3.63) is 5.89 Å². The Morgan fingerprint density at radius 1 is 1.39 bits per heavy atom. The van der Waals surface area contributed by atoms with Crippen LogP contribution in [0.4, 0.5) is 6.01 Å². The van der Waals surface area contributed by atoms with Crippen molar-refractivity contribution in [3.63, 3.8) is 0 Å². The van der Waals surface area contributed by atoms with E-state index in [1.807, 2.05) is 0 Å². The molecule has 2 atom stereocenters. The molecule has 0 aromatic carbocycles. The van der Waals surface area contributed by atoms with E-state index >= 15 is 0 Å². The Kier molecular flexibility index (Phi) is 4.22. The summed E-state index contributed by atoms with van der Waals surface area (Å²) in [6, 6.07) is 1.58. The van der Waals surface area contributed by atoms with Crippen LogP contribution in [0.2, 0.25) is 0 Å². The topological polar surface area (TPSA) is 54.2 Å². The highest BCUT2D eigenvalue weighted by atomic mass is 16.4. The molecule has 102 valence electrons. The van der Waals surface area contributed by atoms with Crippen LogP contribution in [-0.2, 0) is 6.54 Å². The maximum absolute atomic E-state index is 5.73. The molecule has 5 nitrogen and oxygen atoms in total. The molecule has 1 aromatic rings. The molecule has 1 N–H and O–H groups in total. The number of hydrogen-bond acceptors (Lipinski definition) is 5. The average molecular weight is 252 g/mol. The van der Waals surface area contributed by atoms with Crippen molar-refractivity contribution in [3.8, 4) is 0 Å². The fourth-order valence-corrected chi connectivity index (χ4v) is 2.33. The van der Waals surface area contributed by atoms with Crippen molar-refractivity contribution in [2.75, 3.05) is 11.4 Å². The van der Waals surface area contributed by atoms with Gasteiger partial charge in [-0.25, -0.2) is 0 Å². The van der Waals surface area contributed by atoms with Crippen LogP contribution in [0.3, 0.4) is 0 Å². The summed E-state index contributed by atoms with van der Waals surface area (Å²) < 4.78 is 5.73. The van der Waals surface area contributed by atoms with E-state index in [-0.39, 0.29) is 0 Å². The lowest BCUT2D eigenvalue weighted by molar-refractivity contribution is 0.337. The third-order valence-corrected chi connectivity index (χ3v) is 3.74. The van der Waals surface area contributed by atoms with E-state index in [0.717, 1.165) is 6.54 Å². The summed E-state index contributed by atoms with van der Waals surface area (Å²) in [6.07, 6.45) is 2.49. The monoisotopic (exact) mass is 252 g/mol. The van der Waals surface area contributed by atoms with Crippen molar-refractivity contribution >= 4 is 6.01 Å². The number of aromatic nitrogens is 2. The van der Waals surface area contributed by atoms with Gasteiger partial charge in [0.1, 0.15) is 0 Å². The molecule has 1 aliphatic rings. The summed E-state index contributed by atoms with van der Waals surface area (Å²) in [6.45, 7) is 10.4. The number of anilines is 1. The van der Waals surface area contributed by atoms with Crippen LogP contribution >= 0.6 is 0 Å². The second-order valence-corrected chi connectivity index (χ2v) is 5.57. The van der Waals surface area contributed by atoms with Gasteiger partial charge in [0.2, 0.25) is 5.89 Å². The lowest BCUT2D eigenvalue weighted by Gasteiger charge is -2.36. The minimum atomic E-state index is 0.425. The van der Waals surface area contributed by atoms with Crippen molar-refractivity contribution in [2.45, 2.75) is 59.2 Å². The number of nitrogens with one attached hydrogen (secondary N) is 1. The first kappa shape index (κ1) is 13.3. The van der Waals surface area contributed by atoms with Crippen LogP contribution in [0, 0.1) is 5.92 Å². The molecule has 2 unspecified atom stereocenters. The molecule has 0 amide bonds. The quantitative estimate of drug-likeness (QED) is 0.890. The van der Waals surface area contributed by atoms with Gasteiger partial charge in [0.25, 0.3) is 0 Å².